The van der Waals surface area contributed by atoms with Gasteiger partial charge in [0.2, 0.25) is 10.0 Å². The van der Waals surface area contributed by atoms with Gasteiger partial charge in [0.1, 0.15) is 30.0 Å². The zero-order valence-electron chi connectivity index (χ0n) is 15.7. The lowest BCUT2D eigenvalue weighted by molar-refractivity contribution is -0.135. The summed E-state index contributed by atoms with van der Waals surface area (Å²) in [5.74, 6) is -2.09. The van der Waals surface area contributed by atoms with Crippen LogP contribution in [-0.2, 0) is 21.4 Å². The van der Waals surface area contributed by atoms with Crippen molar-refractivity contribution < 1.29 is 37.0 Å². The molecule has 0 spiro atoms. The molecule has 1 heterocycles. The molecule has 1 aliphatic rings. The Hall–Kier alpha value is -2.60. The number of carbonyl (C=O) groups excluding carboxylic acids is 1. The number of hydroxylamine groups is 1. The molecule has 2 aromatic rings. The topological polar surface area (TPSA) is 116 Å². The summed E-state index contributed by atoms with van der Waals surface area (Å²) in [5, 5.41) is 18.7. The van der Waals surface area contributed by atoms with Crippen LogP contribution in [0, 0.1) is 11.6 Å². The van der Waals surface area contributed by atoms with Gasteiger partial charge in [-0.2, -0.15) is 4.31 Å². The minimum absolute atomic E-state index is 0.0537. The molecule has 0 saturated carbocycles. The number of sulfonamides is 1. The predicted molar refractivity (Wildman–Crippen MR) is 100.0 cm³/mol. The first-order valence-corrected chi connectivity index (χ1v) is 10.5. The maximum atomic E-state index is 13.2. The van der Waals surface area contributed by atoms with E-state index in [0.717, 1.165) is 22.5 Å². The van der Waals surface area contributed by atoms with Crippen LogP contribution >= 0.6 is 0 Å². The van der Waals surface area contributed by atoms with Gasteiger partial charge in [0.15, 0.2) is 0 Å². The van der Waals surface area contributed by atoms with E-state index in [1.54, 1.807) is 0 Å². The van der Waals surface area contributed by atoms with Crippen molar-refractivity contribution in [3.05, 3.63) is 59.7 Å². The molecule has 2 aromatic carbocycles. The second-order valence-corrected chi connectivity index (χ2v) is 8.73. The largest absolute Gasteiger partial charge is 0.489 e. The molecule has 3 rings (SSSR count). The van der Waals surface area contributed by atoms with Crippen LogP contribution in [0.4, 0.5) is 8.78 Å². The first-order chi connectivity index (χ1) is 14.2. The summed E-state index contributed by atoms with van der Waals surface area (Å²) in [6, 6.07) is 7.07. The highest BCUT2D eigenvalue weighted by molar-refractivity contribution is 7.89. The number of carbonyl (C=O) groups is 1. The highest BCUT2D eigenvalue weighted by Crippen LogP contribution is 2.27. The second kappa shape index (κ2) is 9.04. The van der Waals surface area contributed by atoms with E-state index >= 15 is 0 Å². The Morgan fingerprint density at radius 2 is 1.77 bits per heavy atom. The van der Waals surface area contributed by atoms with Crippen molar-refractivity contribution in [1.82, 2.24) is 9.79 Å². The van der Waals surface area contributed by atoms with Crippen molar-refractivity contribution in [1.29, 1.82) is 0 Å². The number of nitrogens with zero attached hydrogens (tertiary/aromatic N) is 1. The van der Waals surface area contributed by atoms with Gasteiger partial charge in [0.05, 0.1) is 11.0 Å². The molecule has 11 heteroatoms. The molecule has 0 aliphatic carbocycles. The van der Waals surface area contributed by atoms with Gasteiger partial charge in [0, 0.05) is 12.6 Å². The Labute approximate surface area is 171 Å². The van der Waals surface area contributed by atoms with Crippen molar-refractivity contribution in [3.63, 3.8) is 0 Å². The van der Waals surface area contributed by atoms with Crippen molar-refractivity contribution >= 4 is 15.9 Å². The fourth-order valence-electron chi connectivity index (χ4n) is 3.23. The van der Waals surface area contributed by atoms with Crippen molar-refractivity contribution in [3.8, 4) is 5.75 Å². The number of ether oxygens (including phenoxy) is 1. The predicted octanol–water partition coefficient (Wildman–Crippen LogP) is 1.56. The number of β-amino-alcohol motifs (C(OH)–C–C–N with tert-alkyl or cyclic N) is 1. The number of hydrogen-bond donors (Lipinski definition) is 3. The summed E-state index contributed by atoms with van der Waals surface area (Å²) in [5.41, 5.74) is 1.72. The van der Waals surface area contributed by atoms with E-state index in [0.29, 0.717) is 0 Å². The third kappa shape index (κ3) is 4.93. The molecule has 0 bridgehead atoms. The summed E-state index contributed by atoms with van der Waals surface area (Å²) < 4.78 is 58.6. The molecule has 1 amide bonds. The SMILES string of the molecule is O=C(NO)[C@H]1CC[C@@H](O)CN1S(=O)(=O)c1ccc(OCc2cc(F)cc(F)c2)cc1. The van der Waals surface area contributed by atoms with Gasteiger partial charge in [-0.1, -0.05) is 0 Å². The van der Waals surface area contributed by atoms with E-state index in [4.69, 9.17) is 9.94 Å². The minimum atomic E-state index is -4.15. The maximum absolute atomic E-state index is 13.2. The molecule has 30 heavy (non-hydrogen) atoms. The van der Waals surface area contributed by atoms with Gasteiger partial charge >= 0.3 is 0 Å². The van der Waals surface area contributed by atoms with Gasteiger partial charge in [-0.25, -0.2) is 22.7 Å². The minimum Gasteiger partial charge on any atom is -0.489 e. The van der Waals surface area contributed by atoms with E-state index in [-0.39, 0.29) is 42.2 Å². The third-order valence-electron chi connectivity index (χ3n) is 4.68. The molecule has 1 saturated heterocycles. The van der Waals surface area contributed by atoms with Gasteiger partial charge in [-0.05, 0) is 54.8 Å². The van der Waals surface area contributed by atoms with E-state index < -0.39 is 39.7 Å². The molecule has 0 radical (unpaired) electrons. The van der Waals surface area contributed by atoms with E-state index in [1.165, 1.54) is 29.7 Å². The number of amides is 1. The second-order valence-electron chi connectivity index (χ2n) is 6.84. The fourth-order valence-corrected chi connectivity index (χ4v) is 4.88. The quantitative estimate of drug-likeness (QED) is 0.462. The number of nitrogens with one attached hydrogen (secondary N) is 1. The summed E-state index contributed by atoms with van der Waals surface area (Å²) >= 11 is 0. The Morgan fingerprint density at radius 1 is 1.13 bits per heavy atom. The zero-order valence-corrected chi connectivity index (χ0v) is 16.5. The van der Waals surface area contributed by atoms with Crippen LogP contribution in [0.15, 0.2) is 47.4 Å². The van der Waals surface area contributed by atoms with Crippen LogP contribution < -0.4 is 10.2 Å². The van der Waals surface area contributed by atoms with Crippen molar-refractivity contribution in [2.45, 2.75) is 36.5 Å². The van der Waals surface area contributed by atoms with E-state index in [2.05, 4.69) is 0 Å². The maximum Gasteiger partial charge on any atom is 0.261 e. The highest BCUT2D eigenvalue weighted by atomic mass is 32.2. The van der Waals surface area contributed by atoms with Crippen LogP contribution in [0.2, 0.25) is 0 Å². The number of halogens is 2. The Kier molecular flexibility index (Phi) is 6.66. The van der Waals surface area contributed by atoms with Crippen LogP contribution in [0.1, 0.15) is 18.4 Å². The van der Waals surface area contributed by atoms with Crippen LogP contribution in [-0.4, -0.2) is 47.6 Å². The standard InChI is InChI=1S/C19H20F2N2O6S/c20-13-7-12(8-14(21)9-13)11-29-16-2-4-17(5-3-16)30(27,28)23-10-15(24)1-6-18(23)19(25)22-26/h2-5,7-9,15,18,24,26H,1,6,10-11H2,(H,22,25)/t15-,18-/m1/s1. The highest BCUT2D eigenvalue weighted by Gasteiger charge is 2.40. The number of aliphatic hydroxyl groups excluding tert-OH is 1. The molecule has 3 N–H and O–H groups in total. The molecular formula is C19H20F2N2O6S. The fraction of sp³-hybridized carbons (Fsp3) is 0.316. The molecular weight excluding hydrogens is 422 g/mol. The molecule has 1 fully saturated rings. The number of hydrogen-bond acceptors (Lipinski definition) is 6. The lowest BCUT2D eigenvalue weighted by atomic mass is 10.0. The number of benzene rings is 2. The van der Waals surface area contributed by atoms with Gasteiger partial charge in [-0.15, -0.1) is 0 Å². The molecule has 2 atom stereocenters. The van der Waals surface area contributed by atoms with Crippen LogP contribution in [0.25, 0.3) is 0 Å². The van der Waals surface area contributed by atoms with Crippen molar-refractivity contribution in [2.24, 2.45) is 0 Å². The summed E-state index contributed by atoms with van der Waals surface area (Å²) in [7, 11) is -4.15. The first-order valence-electron chi connectivity index (χ1n) is 9.02. The Morgan fingerprint density at radius 3 is 2.37 bits per heavy atom. The van der Waals surface area contributed by atoms with E-state index in [9.17, 15) is 27.1 Å². The Bertz CT molecular complexity index is 996. The van der Waals surface area contributed by atoms with Crippen LogP contribution in [0.5, 0.6) is 5.75 Å². The molecule has 162 valence electrons. The Balaban J connectivity index is 1.75. The monoisotopic (exact) mass is 442 g/mol. The average molecular weight is 442 g/mol. The average Bonchev–Trinajstić information content (AvgIpc) is 2.71. The summed E-state index contributed by atoms with van der Waals surface area (Å²) in [6.45, 7) is -0.415. The number of piperidine rings is 1. The number of aliphatic hydroxyl groups is 1. The lowest BCUT2D eigenvalue weighted by Gasteiger charge is -2.35. The third-order valence-corrected chi connectivity index (χ3v) is 6.57. The van der Waals surface area contributed by atoms with Gasteiger partial charge < -0.3 is 9.84 Å². The molecule has 1 aliphatic heterocycles. The summed E-state index contributed by atoms with van der Waals surface area (Å²) in [4.78, 5) is 11.7. The van der Waals surface area contributed by atoms with Crippen molar-refractivity contribution in [2.75, 3.05) is 6.54 Å². The smallest absolute Gasteiger partial charge is 0.261 e. The summed E-state index contributed by atoms with van der Waals surface area (Å²) in [6.07, 6.45) is -0.660. The van der Waals surface area contributed by atoms with Crippen LogP contribution in [0.3, 0.4) is 0 Å². The van der Waals surface area contributed by atoms with Gasteiger partial charge in [-0.3, -0.25) is 10.0 Å². The normalized spacial score (nSPS) is 20.0. The zero-order chi connectivity index (χ0) is 21.9. The molecule has 0 aromatic heterocycles. The van der Waals surface area contributed by atoms with Gasteiger partial charge in [0.25, 0.3) is 5.91 Å². The van der Waals surface area contributed by atoms with E-state index in [1.807, 2.05) is 0 Å². The molecule has 0 unspecified atom stereocenters. The number of rotatable bonds is 6. The molecule has 8 nitrogen and oxygen atoms in total. The lowest BCUT2D eigenvalue weighted by Crippen LogP contribution is -2.54. The first kappa shape index (κ1) is 22.1.